The third-order valence-electron chi connectivity index (χ3n) is 2.00. The summed E-state index contributed by atoms with van der Waals surface area (Å²) in [5.74, 6) is 0. The number of nitrogens with zero attached hydrogens (tertiary/aromatic N) is 1. The third-order valence-corrected chi connectivity index (χ3v) is 2.66. The van der Waals surface area contributed by atoms with E-state index in [2.05, 4.69) is 15.9 Å². The molecule has 80 valence electrons. The smallest absolute Gasteiger partial charge is 0.198 e. The molecule has 0 saturated carbocycles. The summed E-state index contributed by atoms with van der Waals surface area (Å²) in [6.07, 6.45) is -4.40. The largest absolute Gasteiger partial charge is 0.417 e. The Morgan fingerprint density at radius 2 is 2.00 bits per heavy atom. The summed E-state index contributed by atoms with van der Waals surface area (Å²) in [5.41, 5.74) is 0.350. The first-order valence-electron chi connectivity index (χ1n) is 4.09. The van der Waals surface area contributed by atoms with Crippen LogP contribution in [0.1, 0.15) is 16.7 Å². The number of nitriles is 1. The Kier molecular flexibility index (Phi) is 3.40. The molecule has 0 bridgehead atoms. The highest BCUT2D eigenvalue weighted by atomic mass is 79.9. The van der Waals surface area contributed by atoms with Gasteiger partial charge in [-0.3, -0.25) is 0 Å². The lowest BCUT2D eigenvalue weighted by Gasteiger charge is -2.12. The van der Waals surface area contributed by atoms with Gasteiger partial charge < -0.3 is 0 Å². The summed E-state index contributed by atoms with van der Waals surface area (Å²) in [7, 11) is 0. The molecule has 0 atom stereocenters. The maximum Gasteiger partial charge on any atom is 0.417 e. The molecule has 1 aromatic rings. The minimum Gasteiger partial charge on any atom is -0.198 e. The summed E-state index contributed by atoms with van der Waals surface area (Å²) in [6, 6.07) is 4.24. The van der Waals surface area contributed by atoms with E-state index in [1.165, 1.54) is 6.07 Å². The molecule has 0 amide bonds. The van der Waals surface area contributed by atoms with Crippen LogP contribution in [0, 0.1) is 18.3 Å². The van der Waals surface area contributed by atoms with Gasteiger partial charge in [0.05, 0.1) is 18.1 Å². The first kappa shape index (κ1) is 12.1. The molecule has 0 aliphatic rings. The topological polar surface area (TPSA) is 23.8 Å². The van der Waals surface area contributed by atoms with E-state index in [0.717, 1.165) is 6.07 Å². The Morgan fingerprint density at radius 3 is 2.47 bits per heavy atom. The Morgan fingerprint density at radius 1 is 1.40 bits per heavy atom. The molecule has 0 aromatic heterocycles. The second kappa shape index (κ2) is 4.23. The molecule has 0 unspecified atom stereocenters. The normalized spacial score (nSPS) is 11.2. The van der Waals surface area contributed by atoms with Gasteiger partial charge in [-0.25, -0.2) is 0 Å². The maximum absolute atomic E-state index is 12.5. The van der Waals surface area contributed by atoms with Crippen LogP contribution < -0.4 is 0 Å². The highest BCUT2D eigenvalue weighted by molar-refractivity contribution is 9.10. The number of halogens is 4. The molecule has 0 saturated heterocycles. The van der Waals surface area contributed by atoms with Gasteiger partial charge in [0.25, 0.3) is 0 Å². The van der Waals surface area contributed by atoms with Gasteiger partial charge in [0.2, 0.25) is 0 Å². The van der Waals surface area contributed by atoms with Gasteiger partial charge in [0.1, 0.15) is 0 Å². The van der Waals surface area contributed by atoms with Crippen molar-refractivity contribution < 1.29 is 13.2 Å². The van der Waals surface area contributed by atoms with Crippen molar-refractivity contribution in [2.45, 2.75) is 19.5 Å². The van der Waals surface area contributed by atoms with Crippen molar-refractivity contribution in [2.75, 3.05) is 0 Å². The summed E-state index contributed by atoms with van der Waals surface area (Å²) in [6.45, 7) is 1.68. The molecule has 0 fully saturated rings. The predicted molar refractivity (Wildman–Crippen MR) is 53.2 cm³/mol. The zero-order chi connectivity index (χ0) is 11.6. The van der Waals surface area contributed by atoms with E-state index >= 15 is 0 Å². The van der Waals surface area contributed by atoms with E-state index in [1.54, 1.807) is 6.92 Å². The van der Waals surface area contributed by atoms with Crippen LogP contribution >= 0.6 is 15.9 Å². The van der Waals surface area contributed by atoms with E-state index in [1.807, 2.05) is 6.07 Å². The number of hydrogen-bond donors (Lipinski definition) is 0. The zero-order valence-electron chi connectivity index (χ0n) is 7.82. The van der Waals surface area contributed by atoms with Crippen molar-refractivity contribution in [3.63, 3.8) is 0 Å². The van der Waals surface area contributed by atoms with E-state index in [-0.39, 0.29) is 10.9 Å². The lowest BCUT2D eigenvalue weighted by molar-refractivity contribution is -0.138. The average Bonchev–Trinajstić information content (AvgIpc) is 2.07. The predicted octanol–water partition coefficient (Wildman–Crippen LogP) is 3.84. The fourth-order valence-electron chi connectivity index (χ4n) is 1.21. The number of rotatable bonds is 1. The van der Waals surface area contributed by atoms with Crippen molar-refractivity contribution in [3.05, 3.63) is 33.3 Å². The van der Waals surface area contributed by atoms with Gasteiger partial charge in [-0.1, -0.05) is 15.9 Å². The van der Waals surface area contributed by atoms with Crippen LogP contribution in [0.15, 0.2) is 16.6 Å². The van der Waals surface area contributed by atoms with Gasteiger partial charge in [0.15, 0.2) is 0 Å². The van der Waals surface area contributed by atoms with Gasteiger partial charge in [0, 0.05) is 4.47 Å². The second-order valence-corrected chi connectivity index (χ2v) is 3.95. The summed E-state index contributed by atoms with van der Waals surface area (Å²) >= 11 is 2.87. The minimum atomic E-state index is -4.39. The molecule has 1 nitrogen and oxygen atoms in total. The van der Waals surface area contributed by atoms with Crippen LogP contribution in [0.3, 0.4) is 0 Å². The Hall–Kier alpha value is -1.02. The molecule has 0 heterocycles. The molecule has 0 spiro atoms. The van der Waals surface area contributed by atoms with Crippen molar-refractivity contribution in [1.29, 1.82) is 5.26 Å². The molecular formula is C10H7BrF3N. The van der Waals surface area contributed by atoms with Gasteiger partial charge in [-0.2, -0.15) is 18.4 Å². The van der Waals surface area contributed by atoms with E-state index in [9.17, 15) is 13.2 Å². The van der Waals surface area contributed by atoms with E-state index in [0.29, 0.717) is 11.1 Å². The van der Waals surface area contributed by atoms with Crippen molar-refractivity contribution in [1.82, 2.24) is 0 Å². The van der Waals surface area contributed by atoms with Gasteiger partial charge in [-0.05, 0) is 30.2 Å². The van der Waals surface area contributed by atoms with Crippen LogP contribution in [0.4, 0.5) is 13.2 Å². The molecule has 5 heteroatoms. The molecule has 0 aliphatic heterocycles. The molecule has 0 N–H and O–H groups in total. The van der Waals surface area contributed by atoms with Crippen LogP contribution in [0.2, 0.25) is 0 Å². The molecular weight excluding hydrogens is 271 g/mol. The summed E-state index contributed by atoms with van der Waals surface area (Å²) < 4.78 is 37.5. The minimum absolute atomic E-state index is 0.00851. The van der Waals surface area contributed by atoms with Crippen LogP contribution in [0.25, 0.3) is 0 Å². The zero-order valence-corrected chi connectivity index (χ0v) is 9.41. The lowest BCUT2D eigenvalue weighted by Crippen LogP contribution is -2.07. The van der Waals surface area contributed by atoms with Crippen LogP contribution in [-0.2, 0) is 12.6 Å². The highest BCUT2D eigenvalue weighted by Crippen LogP contribution is 2.36. The quantitative estimate of drug-likeness (QED) is 0.765. The second-order valence-electron chi connectivity index (χ2n) is 3.09. The van der Waals surface area contributed by atoms with Crippen molar-refractivity contribution in [2.24, 2.45) is 0 Å². The standard InChI is InChI=1S/C10H7BrF3N/c1-6-4-9(11)8(10(12,13)14)5-7(6)2-3-15/h4-5H,2H2,1H3. The fourth-order valence-corrected chi connectivity index (χ4v) is 1.89. The molecule has 0 radical (unpaired) electrons. The van der Waals surface area contributed by atoms with E-state index in [4.69, 9.17) is 5.26 Å². The Bertz CT molecular complexity index is 418. The number of aryl methyl sites for hydroxylation is 1. The van der Waals surface area contributed by atoms with Crippen molar-refractivity contribution >= 4 is 15.9 Å². The SMILES string of the molecule is Cc1cc(Br)c(C(F)(F)F)cc1CC#N. The molecule has 15 heavy (non-hydrogen) atoms. The average molecular weight is 278 g/mol. The molecule has 0 aliphatic carbocycles. The third kappa shape index (κ3) is 2.72. The summed E-state index contributed by atoms with van der Waals surface area (Å²) in [4.78, 5) is 0. The Balaban J connectivity index is 3.31. The number of hydrogen-bond acceptors (Lipinski definition) is 1. The monoisotopic (exact) mass is 277 g/mol. The fraction of sp³-hybridized carbons (Fsp3) is 0.300. The van der Waals surface area contributed by atoms with Crippen LogP contribution in [0.5, 0.6) is 0 Å². The maximum atomic E-state index is 12.5. The first-order valence-corrected chi connectivity index (χ1v) is 4.88. The van der Waals surface area contributed by atoms with Gasteiger partial charge in [-0.15, -0.1) is 0 Å². The molecule has 1 aromatic carbocycles. The Labute approximate surface area is 93.6 Å². The van der Waals surface area contributed by atoms with Crippen molar-refractivity contribution in [3.8, 4) is 6.07 Å². The highest BCUT2D eigenvalue weighted by Gasteiger charge is 2.33. The van der Waals surface area contributed by atoms with E-state index < -0.39 is 11.7 Å². The number of alkyl halides is 3. The lowest BCUT2D eigenvalue weighted by atomic mass is 10.0. The van der Waals surface area contributed by atoms with Crippen LogP contribution in [-0.4, -0.2) is 0 Å². The summed E-state index contributed by atoms with van der Waals surface area (Å²) in [5, 5.41) is 8.46. The first-order chi connectivity index (χ1) is 6.86. The number of benzene rings is 1. The van der Waals surface area contributed by atoms with Gasteiger partial charge >= 0.3 is 6.18 Å². The molecule has 1 rings (SSSR count).